The van der Waals surface area contributed by atoms with E-state index in [-0.39, 0.29) is 17.0 Å². The molecule has 0 unspecified atom stereocenters. The second kappa shape index (κ2) is 4.83. The van der Waals surface area contributed by atoms with Gasteiger partial charge in [0.1, 0.15) is 10.5 Å². The zero-order chi connectivity index (χ0) is 14.3. The number of pyridine rings is 1. The van der Waals surface area contributed by atoms with Crippen molar-refractivity contribution in [1.82, 2.24) is 14.3 Å². The van der Waals surface area contributed by atoms with Crippen LogP contribution in [0.2, 0.25) is 0 Å². The first kappa shape index (κ1) is 13.5. The Bertz CT molecular complexity index is 725. The van der Waals surface area contributed by atoms with Crippen LogP contribution in [-0.4, -0.2) is 48.0 Å². The largest absolute Gasteiger partial charge is 0.375 e. The molecule has 1 N–H and O–H groups in total. The summed E-state index contributed by atoms with van der Waals surface area (Å²) >= 11 is 0. The highest BCUT2D eigenvalue weighted by Gasteiger charge is 2.36. The van der Waals surface area contributed by atoms with E-state index in [1.54, 1.807) is 18.3 Å². The Morgan fingerprint density at radius 3 is 3.05 bits per heavy atom. The number of aromatic nitrogens is 2. The van der Waals surface area contributed by atoms with E-state index in [4.69, 9.17) is 4.74 Å². The highest BCUT2D eigenvalue weighted by Crippen LogP contribution is 2.28. The van der Waals surface area contributed by atoms with Crippen LogP contribution in [-0.2, 0) is 14.8 Å². The van der Waals surface area contributed by atoms with Crippen LogP contribution in [0, 0.1) is 0 Å². The summed E-state index contributed by atoms with van der Waals surface area (Å²) in [5.41, 5.74) is 0.583. The van der Waals surface area contributed by atoms with Gasteiger partial charge in [-0.2, -0.15) is 4.31 Å². The van der Waals surface area contributed by atoms with Crippen molar-refractivity contribution in [3.63, 3.8) is 0 Å². The van der Waals surface area contributed by atoms with Crippen LogP contribution >= 0.6 is 0 Å². The number of H-pyrrole nitrogens is 1. The van der Waals surface area contributed by atoms with E-state index in [9.17, 15) is 8.42 Å². The Balaban J connectivity index is 2.08. The number of ether oxygens (including phenoxy) is 1. The molecule has 0 aliphatic carbocycles. The summed E-state index contributed by atoms with van der Waals surface area (Å²) in [5.74, 6) is 0. The summed E-state index contributed by atoms with van der Waals surface area (Å²) in [4.78, 5) is 7.32. The first-order valence-corrected chi connectivity index (χ1v) is 8.01. The van der Waals surface area contributed by atoms with Crippen LogP contribution in [0.25, 0.3) is 11.0 Å². The number of nitrogens with one attached hydrogen (secondary N) is 1. The highest BCUT2D eigenvalue weighted by molar-refractivity contribution is 7.89. The zero-order valence-corrected chi connectivity index (χ0v) is 12.2. The zero-order valence-electron chi connectivity index (χ0n) is 11.4. The van der Waals surface area contributed by atoms with Crippen LogP contribution in [0.3, 0.4) is 0 Å². The molecular weight excluding hydrogens is 278 g/mol. The normalized spacial score (nSPS) is 25.1. The maximum absolute atomic E-state index is 12.8. The van der Waals surface area contributed by atoms with Gasteiger partial charge in [-0.3, -0.25) is 0 Å². The molecule has 2 aromatic heterocycles. The standard InChI is InChI=1S/C13H17N3O3S/c1-9-10(2)19-7-6-16(9)20(17,18)12-8-15-13-11(12)4-3-5-14-13/h3-5,8-10H,6-7H2,1-2H3,(H,14,15)/t9-,10+/m1/s1. The van der Waals surface area contributed by atoms with Crippen LogP contribution in [0.1, 0.15) is 13.8 Å². The molecule has 108 valence electrons. The molecule has 6 nitrogen and oxygen atoms in total. The summed E-state index contributed by atoms with van der Waals surface area (Å²) in [6.45, 7) is 4.56. The lowest BCUT2D eigenvalue weighted by atomic mass is 10.2. The Kier molecular flexibility index (Phi) is 3.27. The van der Waals surface area contributed by atoms with Crippen molar-refractivity contribution in [2.75, 3.05) is 13.2 Å². The molecule has 1 aliphatic heterocycles. The molecule has 1 saturated heterocycles. The van der Waals surface area contributed by atoms with Gasteiger partial charge in [0.05, 0.1) is 12.7 Å². The van der Waals surface area contributed by atoms with Crippen molar-refractivity contribution in [2.45, 2.75) is 30.9 Å². The van der Waals surface area contributed by atoms with E-state index in [0.29, 0.717) is 24.2 Å². The molecule has 0 amide bonds. The fourth-order valence-electron chi connectivity index (χ4n) is 2.52. The third-order valence-corrected chi connectivity index (χ3v) is 5.85. The highest BCUT2D eigenvalue weighted by atomic mass is 32.2. The number of hydrogen-bond donors (Lipinski definition) is 1. The third-order valence-electron chi connectivity index (χ3n) is 3.83. The Labute approximate surface area is 117 Å². The average molecular weight is 295 g/mol. The molecule has 1 aliphatic rings. The van der Waals surface area contributed by atoms with E-state index >= 15 is 0 Å². The molecule has 0 spiro atoms. The number of fused-ring (bicyclic) bond motifs is 1. The van der Waals surface area contributed by atoms with Crippen molar-refractivity contribution >= 4 is 21.1 Å². The summed E-state index contributed by atoms with van der Waals surface area (Å²) in [7, 11) is -3.55. The van der Waals surface area contributed by atoms with Crippen LogP contribution in [0.15, 0.2) is 29.4 Å². The summed E-state index contributed by atoms with van der Waals surface area (Å²) in [6, 6.07) is 3.32. The van der Waals surface area contributed by atoms with E-state index in [1.165, 1.54) is 10.5 Å². The molecule has 2 aromatic rings. The average Bonchev–Trinajstić information content (AvgIpc) is 2.86. The van der Waals surface area contributed by atoms with E-state index < -0.39 is 10.0 Å². The number of nitrogens with zero attached hydrogens (tertiary/aromatic N) is 2. The molecule has 3 heterocycles. The van der Waals surface area contributed by atoms with Gasteiger partial charge in [0.25, 0.3) is 0 Å². The van der Waals surface area contributed by atoms with E-state index in [0.717, 1.165) is 0 Å². The summed E-state index contributed by atoms with van der Waals surface area (Å²) in [5, 5.41) is 0.624. The van der Waals surface area contributed by atoms with Crippen LogP contribution < -0.4 is 0 Å². The predicted octanol–water partition coefficient (Wildman–Crippen LogP) is 1.36. The van der Waals surface area contributed by atoms with Crippen LogP contribution in [0.4, 0.5) is 0 Å². The van der Waals surface area contributed by atoms with Gasteiger partial charge in [0.15, 0.2) is 0 Å². The number of aromatic amines is 1. The molecule has 1 fully saturated rings. The molecule has 0 saturated carbocycles. The smallest absolute Gasteiger partial charge is 0.245 e. The molecule has 7 heteroatoms. The van der Waals surface area contributed by atoms with Crippen molar-refractivity contribution in [3.05, 3.63) is 24.5 Å². The van der Waals surface area contributed by atoms with Crippen molar-refractivity contribution < 1.29 is 13.2 Å². The van der Waals surface area contributed by atoms with Gasteiger partial charge >= 0.3 is 0 Å². The fourth-order valence-corrected chi connectivity index (χ4v) is 4.34. The number of morpholine rings is 1. The fraction of sp³-hybridized carbons (Fsp3) is 0.462. The minimum atomic E-state index is -3.55. The first-order chi connectivity index (χ1) is 9.51. The lowest BCUT2D eigenvalue weighted by Gasteiger charge is -2.36. The molecule has 3 rings (SSSR count). The van der Waals surface area contributed by atoms with Gasteiger partial charge in [0.2, 0.25) is 10.0 Å². The topological polar surface area (TPSA) is 75.3 Å². The monoisotopic (exact) mass is 295 g/mol. The Morgan fingerprint density at radius 1 is 1.45 bits per heavy atom. The second-order valence-electron chi connectivity index (χ2n) is 4.98. The molecule has 0 bridgehead atoms. The molecule has 20 heavy (non-hydrogen) atoms. The maximum atomic E-state index is 12.8. The van der Waals surface area contributed by atoms with Gasteiger partial charge < -0.3 is 9.72 Å². The van der Waals surface area contributed by atoms with E-state index in [2.05, 4.69) is 9.97 Å². The number of sulfonamides is 1. The minimum absolute atomic E-state index is 0.109. The lowest BCUT2D eigenvalue weighted by Crippen LogP contribution is -2.50. The van der Waals surface area contributed by atoms with Crippen LogP contribution in [0.5, 0.6) is 0 Å². The van der Waals surface area contributed by atoms with E-state index in [1.807, 2.05) is 13.8 Å². The van der Waals surface area contributed by atoms with Crippen molar-refractivity contribution in [1.29, 1.82) is 0 Å². The molecule has 0 radical (unpaired) electrons. The quantitative estimate of drug-likeness (QED) is 0.907. The maximum Gasteiger partial charge on any atom is 0.245 e. The minimum Gasteiger partial charge on any atom is -0.375 e. The number of hydrogen-bond acceptors (Lipinski definition) is 4. The number of rotatable bonds is 2. The molecule has 2 atom stereocenters. The SMILES string of the molecule is C[C@@H]1OCCN(S(=O)(=O)c2c[nH]c3ncccc23)[C@@H]1C. The molecular formula is C13H17N3O3S. The van der Waals surface area contributed by atoms with Crippen molar-refractivity contribution in [2.24, 2.45) is 0 Å². The van der Waals surface area contributed by atoms with Crippen molar-refractivity contribution in [3.8, 4) is 0 Å². The Morgan fingerprint density at radius 2 is 2.25 bits per heavy atom. The summed E-state index contributed by atoms with van der Waals surface area (Å²) in [6.07, 6.45) is 3.04. The summed E-state index contributed by atoms with van der Waals surface area (Å²) < 4.78 is 32.7. The van der Waals surface area contributed by atoms with Gasteiger partial charge in [-0.1, -0.05) is 0 Å². The predicted molar refractivity (Wildman–Crippen MR) is 74.9 cm³/mol. The van der Waals surface area contributed by atoms with Gasteiger partial charge in [-0.25, -0.2) is 13.4 Å². The van der Waals surface area contributed by atoms with Gasteiger partial charge in [-0.05, 0) is 26.0 Å². The third kappa shape index (κ3) is 2.02. The van der Waals surface area contributed by atoms with Gasteiger partial charge in [0, 0.05) is 30.4 Å². The second-order valence-corrected chi connectivity index (χ2v) is 6.84. The Hall–Kier alpha value is -1.44. The first-order valence-electron chi connectivity index (χ1n) is 6.57. The molecule has 0 aromatic carbocycles. The lowest BCUT2D eigenvalue weighted by molar-refractivity contribution is -0.0231. The van der Waals surface area contributed by atoms with Gasteiger partial charge in [-0.15, -0.1) is 0 Å².